The van der Waals surface area contributed by atoms with Crippen LogP contribution in [0.4, 0.5) is 5.69 Å². The Labute approximate surface area is 216 Å². The number of ether oxygens (including phenoxy) is 1. The number of carboxylic acids is 1. The van der Waals surface area contributed by atoms with E-state index in [1.54, 1.807) is 84.6 Å². The molecule has 0 heterocycles. The number of anilines is 1. The summed E-state index contributed by atoms with van der Waals surface area (Å²) >= 11 is 0. The summed E-state index contributed by atoms with van der Waals surface area (Å²) < 4.78 is 32.7. The van der Waals surface area contributed by atoms with Gasteiger partial charge in [-0.3, -0.25) is 4.79 Å². The molecule has 0 bridgehead atoms. The SMILES string of the molecule is CCO[C@H](Cc1ccc(N(C/C=C/c2ccc(OS(C)(=O)=O)cc2)C(=O)c2ccccc2)cc1)C(=O)O. The molecule has 0 saturated carbocycles. The summed E-state index contributed by atoms with van der Waals surface area (Å²) in [4.78, 5) is 26.4. The van der Waals surface area contributed by atoms with Gasteiger partial charge in [-0.15, -0.1) is 0 Å². The third kappa shape index (κ3) is 8.59. The van der Waals surface area contributed by atoms with Crippen LogP contribution in [0.25, 0.3) is 6.08 Å². The van der Waals surface area contributed by atoms with Crippen molar-refractivity contribution in [3.63, 3.8) is 0 Å². The van der Waals surface area contributed by atoms with E-state index >= 15 is 0 Å². The Morgan fingerprint density at radius 1 is 0.973 bits per heavy atom. The van der Waals surface area contributed by atoms with Crippen molar-refractivity contribution in [2.24, 2.45) is 0 Å². The van der Waals surface area contributed by atoms with Crippen LogP contribution in [-0.2, 0) is 26.1 Å². The van der Waals surface area contributed by atoms with Gasteiger partial charge in [-0.25, -0.2) is 4.79 Å². The van der Waals surface area contributed by atoms with Crippen LogP contribution in [0.5, 0.6) is 5.75 Å². The van der Waals surface area contributed by atoms with Crippen molar-refractivity contribution in [1.29, 1.82) is 0 Å². The van der Waals surface area contributed by atoms with Gasteiger partial charge in [0.1, 0.15) is 5.75 Å². The fourth-order valence-corrected chi connectivity index (χ4v) is 4.05. The second kappa shape index (κ2) is 12.8. The van der Waals surface area contributed by atoms with Crippen LogP contribution in [0.2, 0.25) is 0 Å². The minimum absolute atomic E-state index is 0.187. The van der Waals surface area contributed by atoms with Crippen LogP contribution >= 0.6 is 0 Å². The molecule has 0 saturated heterocycles. The first-order valence-electron chi connectivity index (χ1n) is 11.6. The Hall–Kier alpha value is -3.95. The minimum atomic E-state index is -3.60. The molecular weight excluding hydrogens is 494 g/mol. The summed E-state index contributed by atoms with van der Waals surface area (Å²) in [6, 6.07) is 22.6. The van der Waals surface area contributed by atoms with Gasteiger partial charge in [0.05, 0.1) is 6.26 Å². The van der Waals surface area contributed by atoms with Gasteiger partial charge >= 0.3 is 16.1 Å². The van der Waals surface area contributed by atoms with Gasteiger partial charge in [0.2, 0.25) is 0 Å². The highest BCUT2D eigenvalue weighted by atomic mass is 32.2. The highest BCUT2D eigenvalue weighted by Crippen LogP contribution is 2.21. The largest absolute Gasteiger partial charge is 0.479 e. The normalized spacial score (nSPS) is 12.3. The maximum Gasteiger partial charge on any atom is 0.333 e. The van der Waals surface area contributed by atoms with Gasteiger partial charge < -0.3 is 18.9 Å². The topological polar surface area (TPSA) is 110 Å². The van der Waals surface area contributed by atoms with E-state index in [4.69, 9.17) is 8.92 Å². The second-order valence-corrected chi connectivity index (χ2v) is 9.77. The lowest BCUT2D eigenvalue weighted by atomic mass is 10.1. The third-order valence-corrected chi connectivity index (χ3v) is 5.80. The van der Waals surface area contributed by atoms with Crippen molar-refractivity contribution in [3.8, 4) is 5.75 Å². The fraction of sp³-hybridized carbons (Fsp3) is 0.214. The molecule has 1 amide bonds. The molecule has 0 radical (unpaired) electrons. The molecule has 0 aliphatic rings. The Bertz CT molecular complexity index is 1320. The maximum absolute atomic E-state index is 13.3. The average Bonchev–Trinajstić information content (AvgIpc) is 2.87. The van der Waals surface area contributed by atoms with Crippen molar-refractivity contribution >= 4 is 33.8 Å². The van der Waals surface area contributed by atoms with Crippen molar-refractivity contribution in [2.75, 3.05) is 24.3 Å². The number of aliphatic carboxylic acids is 1. The highest BCUT2D eigenvalue weighted by molar-refractivity contribution is 7.86. The number of amides is 1. The van der Waals surface area contributed by atoms with Gasteiger partial charge in [-0.05, 0) is 54.4 Å². The lowest BCUT2D eigenvalue weighted by Gasteiger charge is -2.22. The first-order valence-corrected chi connectivity index (χ1v) is 13.4. The van der Waals surface area contributed by atoms with Crippen LogP contribution in [0.15, 0.2) is 84.9 Å². The number of hydrogen-bond donors (Lipinski definition) is 1. The first-order chi connectivity index (χ1) is 17.7. The molecule has 0 aliphatic carbocycles. The number of carbonyl (C=O) groups is 2. The third-order valence-electron chi connectivity index (χ3n) is 5.30. The summed E-state index contributed by atoms with van der Waals surface area (Å²) in [6.07, 6.45) is 3.92. The van der Waals surface area contributed by atoms with Gasteiger partial charge in [0, 0.05) is 30.8 Å². The van der Waals surface area contributed by atoms with Crippen molar-refractivity contribution < 1.29 is 32.0 Å². The fourth-order valence-electron chi connectivity index (χ4n) is 3.59. The summed E-state index contributed by atoms with van der Waals surface area (Å²) in [6.45, 7) is 2.32. The number of nitrogens with zero attached hydrogens (tertiary/aromatic N) is 1. The molecule has 3 aromatic carbocycles. The van der Waals surface area contributed by atoms with Crippen LogP contribution in [0.3, 0.4) is 0 Å². The number of rotatable bonds is 12. The zero-order valence-corrected chi connectivity index (χ0v) is 21.4. The lowest BCUT2D eigenvalue weighted by Crippen LogP contribution is -2.31. The zero-order valence-electron chi connectivity index (χ0n) is 20.6. The molecule has 1 N–H and O–H groups in total. The predicted octanol–water partition coefficient (Wildman–Crippen LogP) is 4.42. The summed E-state index contributed by atoms with van der Waals surface area (Å²) in [7, 11) is -3.60. The molecule has 37 heavy (non-hydrogen) atoms. The zero-order chi connectivity index (χ0) is 26.8. The van der Waals surface area contributed by atoms with E-state index in [0.29, 0.717) is 17.9 Å². The van der Waals surface area contributed by atoms with Crippen molar-refractivity contribution in [3.05, 3.63) is 102 Å². The molecule has 0 aromatic heterocycles. The Kier molecular flexibility index (Phi) is 9.59. The van der Waals surface area contributed by atoms with E-state index in [2.05, 4.69) is 0 Å². The molecule has 0 fully saturated rings. The van der Waals surface area contributed by atoms with E-state index in [0.717, 1.165) is 17.4 Å². The minimum Gasteiger partial charge on any atom is -0.479 e. The summed E-state index contributed by atoms with van der Waals surface area (Å²) in [5.74, 6) is -0.990. The van der Waals surface area contributed by atoms with Gasteiger partial charge in [-0.1, -0.05) is 54.6 Å². The van der Waals surface area contributed by atoms with E-state index in [-0.39, 0.29) is 24.6 Å². The molecule has 0 unspecified atom stereocenters. The standard InChI is InChI=1S/C28H29NO7S/c1-3-35-26(28(31)32)20-22-11-15-24(16-12-22)29(27(30)23-9-5-4-6-10-23)19-7-8-21-13-17-25(18-14-21)36-37(2,33)34/h4-18,26H,3,19-20H2,1-2H3,(H,31,32)/b8-7+/t26-/m1/s1. The van der Waals surface area contributed by atoms with Crippen molar-refractivity contribution in [2.45, 2.75) is 19.4 Å². The molecule has 3 aromatic rings. The van der Waals surface area contributed by atoms with Crippen LogP contribution in [0.1, 0.15) is 28.4 Å². The quantitative estimate of drug-likeness (QED) is 0.350. The molecular formula is C28H29NO7S. The van der Waals surface area contributed by atoms with Crippen LogP contribution in [0, 0.1) is 0 Å². The van der Waals surface area contributed by atoms with Crippen LogP contribution in [-0.4, -0.2) is 50.9 Å². The molecule has 3 rings (SSSR count). The molecule has 0 spiro atoms. The second-order valence-electron chi connectivity index (χ2n) is 8.19. The van der Waals surface area contributed by atoms with Crippen LogP contribution < -0.4 is 9.08 Å². The van der Waals surface area contributed by atoms with Crippen molar-refractivity contribution in [1.82, 2.24) is 0 Å². The lowest BCUT2D eigenvalue weighted by molar-refractivity contribution is -0.149. The molecule has 194 valence electrons. The number of benzene rings is 3. The van der Waals surface area contributed by atoms with E-state index in [1.807, 2.05) is 18.2 Å². The molecule has 1 atom stereocenters. The predicted molar refractivity (Wildman–Crippen MR) is 142 cm³/mol. The average molecular weight is 524 g/mol. The van der Waals surface area contributed by atoms with E-state index in [1.165, 1.54) is 0 Å². The highest BCUT2D eigenvalue weighted by Gasteiger charge is 2.19. The molecule has 8 nitrogen and oxygen atoms in total. The Morgan fingerprint density at radius 3 is 2.19 bits per heavy atom. The monoisotopic (exact) mass is 523 g/mol. The molecule has 0 aliphatic heterocycles. The Balaban J connectivity index is 1.79. The van der Waals surface area contributed by atoms with E-state index < -0.39 is 22.2 Å². The maximum atomic E-state index is 13.3. The summed E-state index contributed by atoms with van der Waals surface area (Å²) in [5.41, 5.74) is 2.77. The number of hydrogen-bond acceptors (Lipinski definition) is 6. The first kappa shape index (κ1) is 27.6. The summed E-state index contributed by atoms with van der Waals surface area (Å²) in [5, 5.41) is 9.34. The molecule has 9 heteroatoms. The Morgan fingerprint density at radius 2 is 1.62 bits per heavy atom. The number of carboxylic acid groups (broad SMARTS) is 1. The van der Waals surface area contributed by atoms with E-state index in [9.17, 15) is 23.1 Å². The van der Waals surface area contributed by atoms with Gasteiger partial charge in [0.15, 0.2) is 6.10 Å². The van der Waals surface area contributed by atoms with Gasteiger partial charge in [-0.2, -0.15) is 8.42 Å². The van der Waals surface area contributed by atoms with Gasteiger partial charge in [0.25, 0.3) is 5.91 Å². The number of carbonyl (C=O) groups excluding carboxylic acids is 1. The smallest absolute Gasteiger partial charge is 0.333 e.